The van der Waals surface area contributed by atoms with Crippen LogP contribution in [0, 0.1) is 6.92 Å². The number of aliphatic hydroxyl groups is 1. The van der Waals surface area contributed by atoms with Crippen LogP contribution in [0.4, 0.5) is 5.13 Å². The van der Waals surface area contributed by atoms with Gasteiger partial charge in [0.1, 0.15) is 0 Å². The molecular weight excluding hydrogens is 334 g/mol. The lowest BCUT2D eigenvalue weighted by atomic mass is 10.1. The first-order valence-corrected chi connectivity index (χ1v) is 8.63. The summed E-state index contributed by atoms with van der Waals surface area (Å²) in [5, 5.41) is 16.6. The predicted octanol–water partition coefficient (Wildman–Crippen LogP) is 2.36. The van der Waals surface area contributed by atoms with Crippen LogP contribution in [0.2, 0.25) is 5.02 Å². The lowest BCUT2D eigenvalue weighted by Gasteiger charge is -2.08. The first-order chi connectivity index (χ1) is 11.0. The molecule has 0 radical (unpaired) electrons. The second-order valence-electron chi connectivity index (χ2n) is 5.73. The molecule has 122 valence electrons. The lowest BCUT2D eigenvalue weighted by Crippen LogP contribution is -2.35. The summed E-state index contributed by atoms with van der Waals surface area (Å²) in [7, 11) is 0. The Hall–Kier alpha value is -1.47. The van der Waals surface area contributed by atoms with E-state index >= 15 is 0 Å². The van der Waals surface area contributed by atoms with E-state index < -0.39 is 6.10 Å². The van der Waals surface area contributed by atoms with Crippen LogP contribution < -0.4 is 10.6 Å². The van der Waals surface area contributed by atoms with E-state index in [0.717, 1.165) is 27.4 Å². The molecule has 3 N–H and O–H groups in total. The fraction of sp³-hybridized carbons (Fsp3) is 0.375. The normalized spacial score (nSPS) is 20.7. The molecule has 2 aromatic rings. The summed E-state index contributed by atoms with van der Waals surface area (Å²) in [5.41, 5.74) is 2.17. The molecule has 1 aliphatic rings. The Morgan fingerprint density at radius 2 is 2.39 bits per heavy atom. The number of halogens is 1. The van der Waals surface area contributed by atoms with Crippen LogP contribution >= 0.6 is 22.9 Å². The number of carbonyl (C=O) groups excluding carboxylic acids is 1. The minimum Gasteiger partial charge on any atom is -0.392 e. The van der Waals surface area contributed by atoms with Gasteiger partial charge in [-0.2, -0.15) is 0 Å². The van der Waals surface area contributed by atoms with Crippen molar-refractivity contribution in [2.45, 2.75) is 31.9 Å². The highest BCUT2D eigenvalue weighted by atomic mass is 35.5. The zero-order valence-corrected chi connectivity index (χ0v) is 14.2. The number of aromatic nitrogens is 1. The van der Waals surface area contributed by atoms with E-state index in [-0.39, 0.29) is 11.9 Å². The highest BCUT2D eigenvalue weighted by Gasteiger charge is 2.28. The molecule has 23 heavy (non-hydrogen) atoms. The van der Waals surface area contributed by atoms with Crippen molar-refractivity contribution in [1.29, 1.82) is 0 Å². The van der Waals surface area contributed by atoms with Gasteiger partial charge in [-0.25, -0.2) is 4.98 Å². The van der Waals surface area contributed by atoms with Crippen molar-refractivity contribution in [3.05, 3.63) is 45.4 Å². The first kappa shape index (κ1) is 16.4. The number of hydrogen-bond donors (Lipinski definition) is 3. The van der Waals surface area contributed by atoms with Crippen LogP contribution in [0.25, 0.3) is 0 Å². The number of β-amino-alcohol motifs (C(OH)–C–C–N with tert-alkyl or cyclic N) is 1. The van der Waals surface area contributed by atoms with E-state index in [1.807, 2.05) is 25.1 Å². The number of anilines is 1. The summed E-state index contributed by atoms with van der Waals surface area (Å²) in [6.45, 7) is 2.43. The smallest absolute Gasteiger partial charge is 0.243 e. The van der Waals surface area contributed by atoms with Crippen LogP contribution in [0.15, 0.2) is 24.4 Å². The van der Waals surface area contributed by atoms with Crippen molar-refractivity contribution in [3.8, 4) is 0 Å². The molecule has 1 aromatic heterocycles. The Morgan fingerprint density at radius 1 is 1.57 bits per heavy atom. The number of nitrogens with one attached hydrogen (secondary N) is 2. The van der Waals surface area contributed by atoms with Crippen LogP contribution in [0.3, 0.4) is 0 Å². The molecule has 1 aliphatic heterocycles. The largest absolute Gasteiger partial charge is 0.392 e. The van der Waals surface area contributed by atoms with E-state index in [2.05, 4.69) is 15.6 Å². The summed E-state index contributed by atoms with van der Waals surface area (Å²) in [4.78, 5) is 17.4. The van der Waals surface area contributed by atoms with Crippen molar-refractivity contribution < 1.29 is 9.90 Å². The van der Waals surface area contributed by atoms with Crippen molar-refractivity contribution in [2.75, 3.05) is 11.9 Å². The third-order valence-electron chi connectivity index (χ3n) is 3.82. The second kappa shape index (κ2) is 6.97. The Morgan fingerprint density at radius 3 is 3.09 bits per heavy atom. The fourth-order valence-electron chi connectivity index (χ4n) is 2.50. The summed E-state index contributed by atoms with van der Waals surface area (Å²) in [6, 6.07) is 5.65. The van der Waals surface area contributed by atoms with Crippen LogP contribution in [0.1, 0.15) is 22.4 Å². The molecule has 5 nitrogen and oxygen atoms in total. The van der Waals surface area contributed by atoms with Gasteiger partial charge in [-0.1, -0.05) is 23.7 Å². The van der Waals surface area contributed by atoms with Crippen molar-refractivity contribution in [2.24, 2.45) is 0 Å². The average molecular weight is 352 g/mol. The number of aliphatic hydroxyl groups excluding tert-OH is 1. The van der Waals surface area contributed by atoms with Gasteiger partial charge in [0.15, 0.2) is 5.13 Å². The Labute approximate surface area is 143 Å². The molecule has 0 saturated carbocycles. The predicted molar refractivity (Wildman–Crippen MR) is 92.2 cm³/mol. The molecule has 0 aliphatic carbocycles. The number of aryl methyl sites for hydroxylation is 1. The molecule has 2 heterocycles. The van der Waals surface area contributed by atoms with Gasteiger partial charge in [-0.15, -0.1) is 11.3 Å². The molecule has 1 fully saturated rings. The molecule has 1 amide bonds. The molecule has 3 rings (SSSR count). The zero-order valence-electron chi connectivity index (χ0n) is 12.7. The standard InChI is InChI=1S/C16H18ClN3O2S/c1-9-2-3-10(5-13(9)17)4-12-8-19-16(23-12)20-15(22)14-6-11(21)7-18-14/h2-3,5,8,11,14,18,21H,4,6-7H2,1H3,(H,19,20,22)/t11-,14-/m1/s1. The number of hydrogen-bond acceptors (Lipinski definition) is 5. The van der Waals surface area contributed by atoms with Crippen LogP contribution in [0.5, 0.6) is 0 Å². The molecule has 7 heteroatoms. The quantitative estimate of drug-likeness (QED) is 0.790. The number of thiazole rings is 1. The lowest BCUT2D eigenvalue weighted by molar-refractivity contribution is -0.117. The SMILES string of the molecule is Cc1ccc(Cc2cnc(NC(=O)[C@H]3C[C@@H](O)CN3)s2)cc1Cl. The molecule has 0 spiro atoms. The van der Waals surface area contributed by atoms with Crippen molar-refractivity contribution >= 4 is 34.0 Å². The number of rotatable bonds is 4. The van der Waals surface area contributed by atoms with Crippen LogP contribution in [-0.2, 0) is 11.2 Å². The Kier molecular flexibility index (Phi) is 4.96. The molecular formula is C16H18ClN3O2S. The number of benzene rings is 1. The second-order valence-corrected chi connectivity index (χ2v) is 7.25. The van der Waals surface area contributed by atoms with Gasteiger partial charge in [0.2, 0.25) is 5.91 Å². The molecule has 1 saturated heterocycles. The third-order valence-corrected chi connectivity index (χ3v) is 5.14. The average Bonchev–Trinajstić information content (AvgIpc) is 3.12. The highest BCUT2D eigenvalue weighted by molar-refractivity contribution is 7.15. The topological polar surface area (TPSA) is 74.2 Å². The van der Waals surface area contributed by atoms with Gasteiger partial charge >= 0.3 is 0 Å². The monoisotopic (exact) mass is 351 g/mol. The Balaban J connectivity index is 1.61. The summed E-state index contributed by atoms with van der Waals surface area (Å²) in [6.07, 6.45) is 2.48. The van der Waals surface area contributed by atoms with E-state index in [1.54, 1.807) is 6.20 Å². The van der Waals surface area contributed by atoms with Crippen molar-refractivity contribution in [3.63, 3.8) is 0 Å². The number of carbonyl (C=O) groups is 1. The van der Waals surface area contributed by atoms with Gasteiger partial charge in [0.25, 0.3) is 0 Å². The van der Waals surface area contributed by atoms with E-state index in [9.17, 15) is 9.90 Å². The minimum atomic E-state index is -0.455. The fourth-order valence-corrected chi connectivity index (χ4v) is 3.56. The van der Waals surface area contributed by atoms with Gasteiger partial charge < -0.3 is 15.7 Å². The van der Waals surface area contributed by atoms with E-state index in [0.29, 0.717) is 18.1 Å². The third kappa shape index (κ3) is 4.09. The van der Waals surface area contributed by atoms with E-state index in [4.69, 9.17) is 11.6 Å². The molecule has 0 bridgehead atoms. The van der Waals surface area contributed by atoms with Gasteiger partial charge in [-0.05, 0) is 30.5 Å². The Bertz CT molecular complexity index is 719. The molecule has 0 unspecified atom stereocenters. The maximum atomic E-state index is 12.1. The molecule has 2 atom stereocenters. The summed E-state index contributed by atoms with van der Waals surface area (Å²) >= 11 is 7.59. The maximum Gasteiger partial charge on any atom is 0.243 e. The van der Waals surface area contributed by atoms with Gasteiger partial charge in [-0.3, -0.25) is 4.79 Å². The van der Waals surface area contributed by atoms with Crippen LogP contribution in [-0.4, -0.2) is 34.7 Å². The first-order valence-electron chi connectivity index (χ1n) is 7.43. The molecule has 1 aromatic carbocycles. The zero-order chi connectivity index (χ0) is 16.4. The number of nitrogens with zero attached hydrogens (tertiary/aromatic N) is 1. The highest BCUT2D eigenvalue weighted by Crippen LogP contribution is 2.24. The number of amides is 1. The van der Waals surface area contributed by atoms with Gasteiger partial charge in [0.05, 0.1) is 12.1 Å². The summed E-state index contributed by atoms with van der Waals surface area (Å²) in [5.74, 6) is -0.152. The van der Waals surface area contributed by atoms with Crippen molar-refractivity contribution in [1.82, 2.24) is 10.3 Å². The summed E-state index contributed by atoms with van der Waals surface area (Å²) < 4.78 is 0. The van der Waals surface area contributed by atoms with Gasteiger partial charge in [0, 0.05) is 29.1 Å². The van der Waals surface area contributed by atoms with E-state index in [1.165, 1.54) is 11.3 Å². The maximum absolute atomic E-state index is 12.1. The minimum absolute atomic E-state index is 0.152.